The number of rotatable bonds is 3. The van der Waals surface area contributed by atoms with E-state index in [1.54, 1.807) is 11.1 Å². The number of pyridine rings is 1. The topological polar surface area (TPSA) is 68.3 Å². The fourth-order valence-corrected chi connectivity index (χ4v) is 2.78. The first kappa shape index (κ1) is 14.8. The highest BCUT2D eigenvalue weighted by Gasteiger charge is 2.25. The summed E-state index contributed by atoms with van der Waals surface area (Å²) in [6.07, 6.45) is 4.69. The number of amides is 1. The zero-order chi connectivity index (χ0) is 14.7. The molecule has 1 unspecified atom stereocenters. The Balaban J connectivity index is 2.19. The van der Waals surface area contributed by atoms with E-state index in [0.717, 1.165) is 31.5 Å². The van der Waals surface area contributed by atoms with Crippen molar-refractivity contribution in [1.29, 1.82) is 0 Å². The first-order valence-corrected chi connectivity index (χ1v) is 7.19. The molecule has 0 aromatic carbocycles. The molecule has 20 heavy (non-hydrogen) atoms. The largest absolute Gasteiger partial charge is 0.354 e. The van der Waals surface area contributed by atoms with E-state index in [0.29, 0.717) is 19.0 Å². The number of likely N-dealkylation sites (tertiary alicyclic amines) is 1. The summed E-state index contributed by atoms with van der Waals surface area (Å²) in [5.41, 5.74) is 6.53. The van der Waals surface area contributed by atoms with Gasteiger partial charge in [-0.15, -0.1) is 0 Å². The number of carbonyl (C=O) groups excluding carboxylic acids is 1. The molecule has 2 rings (SSSR count). The second kappa shape index (κ2) is 6.22. The van der Waals surface area contributed by atoms with Gasteiger partial charge in [-0.2, -0.15) is 0 Å². The van der Waals surface area contributed by atoms with E-state index in [4.69, 9.17) is 5.73 Å². The smallest absolute Gasteiger partial charge is 0.259 e. The van der Waals surface area contributed by atoms with Crippen LogP contribution in [0.25, 0.3) is 0 Å². The van der Waals surface area contributed by atoms with E-state index in [1.807, 2.05) is 18.5 Å². The molecule has 1 saturated heterocycles. The highest BCUT2D eigenvalue weighted by atomic mass is 16.2. The minimum absolute atomic E-state index is 0.146. The van der Waals surface area contributed by atoms with Gasteiger partial charge in [-0.1, -0.05) is 0 Å². The molecule has 1 atom stereocenters. The quantitative estimate of drug-likeness (QED) is 0.892. The minimum Gasteiger partial charge on any atom is -0.354 e. The molecule has 0 aliphatic carbocycles. The van der Waals surface area contributed by atoms with Gasteiger partial charge in [0.05, 0.1) is 0 Å². The molecule has 1 aliphatic rings. The van der Waals surface area contributed by atoms with Gasteiger partial charge in [0.15, 0.2) is 5.43 Å². The lowest BCUT2D eigenvalue weighted by molar-refractivity contribution is 0.0667. The van der Waals surface area contributed by atoms with E-state index in [2.05, 4.69) is 0 Å². The maximum Gasteiger partial charge on any atom is 0.259 e. The maximum atomic E-state index is 12.5. The summed E-state index contributed by atoms with van der Waals surface area (Å²) < 4.78 is 1.82. The summed E-state index contributed by atoms with van der Waals surface area (Å²) in [4.78, 5) is 26.3. The molecule has 1 aliphatic heterocycles. The summed E-state index contributed by atoms with van der Waals surface area (Å²) in [6.45, 7) is 3.96. The lowest BCUT2D eigenvalue weighted by Gasteiger charge is -2.32. The first-order chi connectivity index (χ1) is 9.52. The van der Waals surface area contributed by atoms with Crippen LogP contribution in [-0.2, 0) is 7.05 Å². The third kappa shape index (κ3) is 3.10. The number of hydrogen-bond donors (Lipinski definition) is 1. The molecule has 5 heteroatoms. The molecular formula is C15H23N3O2. The van der Waals surface area contributed by atoms with Crippen molar-refractivity contribution in [3.63, 3.8) is 0 Å². The van der Waals surface area contributed by atoms with Crippen molar-refractivity contribution >= 4 is 5.91 Å². The Morgan fingerprint density at radius 1 is 1.50 bits per heavy atom. The van der Waals surface area contributed by atoms with E-state index in [1.165, 1.54) is 6.07 Å². The summed E-state index contributed by atoms with van der Waals surface area (Å²) in [7, 11) is 1.85. The number of nitrogens with two attached hydrogens (primary N) is 1. The van der Waals surface area contributed by atoms with Gasteiger partial charge in [0.25, 0.3) is 5.91 Å². The molecule has 1 amide bonds. The molecule has 1 fully saturated rings. The van der Waals surface area contributed by atoms with Crippen molar-refractivity contribution in [2.45, 2.75) is 26.2 Å². The average Bonchev–Trinajstić information content (AvgIpc) is 2.43. The molecule has 5 nitrogen and oxygen atoms in total. The number of hydrogen-bond acceptors (Lipinski definition) is 3. The summed E-state index contributed by atoms with van der Waals surface area (Å²) in [6, 6.07) is 1.52. The molecule has 2 heterocycles. The number of piperidine rings is 1. The fraction of sp³-hybridized carbons (Fsp3) is 0.600. The van der Waals surface area contributed by atoms with Crippen LogP contribution < -0.4 is 11.2 Å². The number of aromatic nitrogens is 1. The van der Waals surface area contributed by atoms with E-state index < -0.39 is 0 Å². The Bertz CT molecular complexity index is 549. The Morgan fingerprint density at radius 2 is 2.25 bits per heavy atom. The maximum absolute atomic E-state index is 12.5. The van der Waals surface area contributed by atoms with Gasteiger partial charge in [-0.05, 0) is 38.6 Å². The molecular weight excluding hydrogens is 254 g/mol. The molecule has 110 valence electrons. The van der Waals surface area contributed by atoms with Crippen molar-refractivity contribution in [2.24, 2.45) is 18.7 Å². The molecule has 1 aromatic rings. The van der Waals surface area contributed by atoms with Gasteiger partial charge in [0, 0.05) is 38.1 Å². The third-order valence-corrected chi connectivity index (χ3v) is 4.10. The molecule has 2 N–H and O–H groups in total. The Hall–Kier alpha value is -1.62. The fourth-order valence-electron chi connectivity index (χ4n) is 2.78. The van der Waals surface area contributed by atoms with Gasteiger partial charge >= 0.3 is 0 Å². The first-order valence-electron chi connectivity index (χ1n) is 7.19. The van der Waals surface area contributed by atoms with E-state index in [-0.39, 0.29) is 16.9 Å². The van der Waals surface area contributed by atoms with Crippen LogP contribution >= 0.6 is 0 Å². The monoisotopic (exact) mass is 277 g/mol. The van der Waals surface area contributed by atoms with Gasteiger partial charge < -0.3 is 15.2 Å². The highest BCUT2D eigenvalue weighted by molar-refractivity contribution is 5.93. The van der Waals surface area contributed by atoms with Gasteiger partial charge in [-0.3, -0.25) is 9.59 Å². The minimum atomic E-state index is -0.188. The Labute approximate surface area is 119 Å². The number of nitrogens with zero attached hydrogens (tertiary/aromatic N) is 2. The van der Waals surface area contributed by atoms with Crippen LogP contribution in [0.3, 0.4) is 0 Å². The summed E-state index contributed by atoms with van der Waals surface area (Å²) in [5.74, 6) is 0.319. The van der Waals surface area contributed by atoms with Crippen LogP contribution in [-0.4, -0.2) is 35.0 Å². The van der Waals surface area contributed by atoms with Crippen LogP contribution in [0.4, 0.5) is 0 Å². The van der Waals surface area contributed by atoms with E-state index >= 15 is 0 Å². The molecule has 0 saturated carbocycles. The molecule has 0 radical (unpaired) electrons. The molecule has 0 spiro atoms. The van der Waals surface area contributed by atoms with Crippen molar-refractivity contribution in [2.75, 3.05) is 19.6 Å². The zero-order valence-electron chi connectivity index (χ0n) is 12.3. The zero-order valence-corrected chi connectivity index (χ0v) is 12.3. The van der Waals surface area contributed by atoms with E-state index in [9.17, 15) is 9.59 Å². The Morgan fingerprint density at radius 3 is 2.95 bits per heavy atom. The predicted molar refractivity (Wildman–Crippen MR) is 78.7 cm³/mol. The van der Waals surface area contributed by atoms with Gasteiger partial charge in [0.1, 0.15) is 5.56 Å². The average molecular weight is 277 g/mol. The lowest BCUT2D eigenvalue weighted by Crippen LogP contribution is -2.42. The third-order valence-electron chi connectivity index (χ3n) is 4.10. The standard InChI is InChI=1S/C15H23N3O2/c1-11-8-14(19)13(10-17(11)2)15(20)18-7-3-4-12(9-18)5-6-16/h8,10,12H,3-7,9,16H2,1-2H3. The van der Waals surface area contributed by atoms with Crippen LogP contribution in [0.2, 0.25) is 0 Å². The SMILES string of the molecule is Cc1cc(=O)c(C(=O)N2CCCC(CCN)C2)cn1C. The van der Waals surface area contributed by atoms with Crippen molar-refractivity contribution in [3.05, 3.63) is 33.7 Å². The second-order valence-electron chi connectivity index (χ2n) is 5.64. The van der Waals surface area contributed by atoms with Crippen molar-refractivity contribution in [1.82, 2.24) is 9.47 Å². The van der Waals surface area contributed by atoms with Crippen LogP contribution in [0, 0.1) is 12.8 Å². The van der Waals surface area contributed by atoms with Crippen LogP contribution in [0.5, 0.6) is 0 Å². The van der Waals surface area contributed by atoms with Gasteiger partial charge in [0.2, 0.25) is 0 Å². The van der Waals surface area contributed by atoms with Crippen LogP contribution in [0.15, 0.2) is 17.1 Å². The summed E-state index contributed by atoms with van der Waals surface area (Å²) >= 11 is 0. The van der Waals surface area contributed by atoms with Gasteiger partial charge in [-0.25, -0.2) is 0 Å². The highest BCUT2D eigenvalue weighted by Crippen LogP contribution is 2.20. The van der Waals surface area contributed by atoms with Crippen molar-refractivity contribution in [3.8, 4) is 0 Å². The lowest BCUT2D eigenvalue weighted by atomic mass is 9.94. The normalized spacial score (nSPS) is 19.1. The summed E-state index contributed by atoms with van der Waals surface area (Å²) in [5, 5.41) is 0. The second-order valence-corrected chi connectivity index (χ2v) is 5.64. The molecule has 1 aromatic heterocycles. The number of aryl methyl sites for hydroxylation is 2. The number of carbonyl (C=O) groups is 1. The molecule has 0 bridgehead atoms. The van der Waals surface area contributed by atoms with Crippen molar-refractivity contribution < 1.29 is 4.79 Å². The predicted octanol–water partition coefficient (Wildman–Crippen LogP) is 0.895. The Kier molecular flexibility index (Phi) is 4.60. The van der Waals surface area contributed by atoms with Crippen LogP contribution in [0.1, 0.15) is 35.3 Å².